The first kappa shape index (κ1) is 8.72. The zero-order valence-corrected chi connectivity index (χ0v) is 7.34. The molecule has 2 heteroatoms. The highest BCUT2D eigenvalue weighted by molar-refractivity contribution is 5.83. The van der Waals surface area contributed by atoms with Gasteiger partial charge < -0.3 is 5.73 Å². The maximum Gasteiger partial charge on any atom is 0.140 e. The van der Waals surface area contributed by atoms with Crippen LogP contribution in [-0.4, -0.2) is 11.8 Å². The zero-order chi connectivity index (χ0) is 8.43. The summed E-state index contributed by atoms with van der Waals surface area (Å²) >= 11 is 0. The minimum Gasteiger partial charge on any atom is -0.327 e. The fraction of sp³-hybridized carbons (Fsp3) is 0.889. The topological polar surface area (TPSA) is 43.1 Å². The average Bonchev–Trinajstić information content (AvgIpc) is 2.33. The van der Waals surface area contributed by atoms with Crippen molar-refractivity contribution in [2.75, 3.05) is 0 Å². The molecule has 0 aliphatic heterocycles. The molecule has 0 aromatic heterocycles. The number of hydrogen-bond acceptors (Lipinski definition) is 2. The van der Waals surface area contributed by atoms with Gasteiger partial charge in [0.15, 0.2) is 0 Å². The Balaban J connectivity index is 2.53. The summed E-state index contributed by atoms with van der Waals surface area (Å²) in [5, 5.41) is 0. The van der Waals surface area contributed by atoms with Gasteiger partial charge >= 0.3 is 0 Å². The van der Waals surface area contributed by atoms with Gasteiger partial charge in [0.1, 0.15) is 5.78 Å². The van der Waals surface area contributed by atoms with Crippen LogP contribution in [0.5, 0.6) is 0 Å². The Hall–Kier alpha value is -0.370. The Bertz CT molecular complexity index is 154. The molecule has 1 fully saturated rings. The van der Waals surface area contributed by atoms with E-state index in [4.69, 9.17) is 5.73 Å². The van der Waals surface area contributed by atoms with Gasteiger partial charge in [-0.25, -0.2) is 0 Å². The summed E-state index contributed by atoms with van der Waals surface area (Å²) in [5.41, 5.74) is 5.80. The van der Waals surface area contributed by atoms with Crippen LogP contribution in [0, 0.1) is 11.8 Å². The lowest BCUT2D eigenvalue weighted by molar-refractivity contribution is -0.125. The quantitative estimate of drug-likeness (QED) is 0.654. The molecule has 1 aliphatic carbocycles. The number of carbonyl (C=O) groups excluding carboxylic acids is 1. The molecule has 1 rings (SSSR count). The van der Waals surface area contributed by atoms with Gasteiger partial charge in [0.25, 0.3) is 0 Å². The van der Waals surface area contributed by atoms with Crippen LogP contribution in [0.25, 0.3) is 0 Å². The highest BCUT2D eigenvalue weighted by Crippen LogP contribution is 2.26. The number of ketones is 1. The predicted molar refractivity (Wildman–Crippen MR) is 45.2 cm³/mol. The van der Waals surface area contributed by atoms with E-state index in [2.05, 4.69) is 0 Å². The van der Waals surface area contributed by atoms with Crippen molar-refractivity contribution in [1.29, 1.82) is 0 Å². The summed E-state index contributed by atoms with van der Waals surface area (Å²) < 4.78 is 0. The van der Waals surface area contributed by atoms with Crippen LogP contribution >= 0.6 is 0 Å². The number of Topliss-reactive ketones (excluding diaryl/α,β-unsaturated/α-hetero) is 1. The van der Waals surface area contributed by atoms with Crippen molar-refractivity contribution in [1.82, 2.24) is 0 Å². The first-order valence-corrected chi connectivity index (χ1v) is 4.42. The molecular formula is C9H17NO. The van der Waals surface area contributed by atoms with Gasteiger partial charge in [-0.1, -0.05) is 20.3 Å². The zero-order valence-electron chi connectivity index (χ0n) is 7.34. The van der Waals surface area contributed by atoms with Crippen LogP contribution in [0.15, 0.2) is 0 Å². The largest absolute Gasteiger partial charge is 0.327 e. The van der Waals surface area contributed by atoms with Crippen molar-refractivity contribution in [3.8, 4) is 0 Å². The van der Waals surface area contributed by atoms with Crippen LogP contribution in [0.1, 0.15) is 33.1 Å². The number of carbonyl (C=O) groups is 1. The number of nitrogens with two attached hydrogens (primary N) is 1. The van der Waals surface area contributed by atoms with Gasteiger partial charge in [-0.05, 0) is 12.8 Å². The van der Waals surface area contributed by atoms with Gasteiger partial charge in [-0.3, -0.25) is 4.79 Å². The molecule has 0 bridgehead atoms. The van der Waals surface area contributed by atoms with Crippen LogP contribution in [0.4, 0.5) is 0 Å². The Kier molecular flexibility index (Phi) is 2.66. The molecule has 0 radical (unpaired) electrons. The third-order valence-electron chi connectivity index (χ3n) is 2.50. The smallest absolute Gasteiger partial charge is 0.140 e. The molecular weight excluding hydrogens is 138 g/mol. The van der Waals surface area contributed by atoms with Gasteiger partial charge in [-0.2, -0.15) is 0 Å². The summed E-state index contributed by atoms with van der Waals surface area (Å²) in [4.78, 5) is 11.5. The van der Waals surface area contributed by atoms with E-state index >= 15 is 0 Å². The standard InChI is InChI=1S/C9H17NO/c1-6(2)9(11)7-4-3-5-8(7)10/h6-8H,3-5,10H2,1-2H3. The lowest BCUT2D eigenvalue weighted by atomic mass is 9.91. The van der Waals surface area contributed by atoms with Crippen molar-refractivity contribution in [2.24, 2.45) is 17.6 Å². The van der Waals surface area contributed by atoms with Crippen molar-refractivity contribution >= 4 is 5.78 Å². The third-order valence-corrected chi connectivity index (χ3v) is 2.50. The van der Waals surface area contributed by atoms with Gasteiger partial charge in [-0.15, -0.1) is 0 Å². The SMILES string of the molecule is CC(C)C(=O)C1CCCC1N. The summed E-state index contributed by atoms with van der Waals surface area (Å²) in [5.74, 6) is 0.675. The maximum absolute atomic E-state index is 11.5. The monoisotopic (exact) mass is 155 g/mol. The minimum atomic E-state index is 0.143. The highest BCUT2D eigenvalue weighted by Gasteiger charge is 2.30. The Morgan fingerprint density at radius 1 is 1.45 bits per heavy atom. The highest BCUT2D eigenvalue weighted by atomic mass is 16.1. The second-order valence-corrected chi connectivity index (χ2v) is 3.76. The van der Waals surface area contributed by atoms with Crippen molar-refractivity contribution in [2.45, 2.75) is 39.2 Å². The lowest BCUT2D eigenvalue weighted by Gasteiger charge is -2.15. The molecule has 0 amide bonds. The molecule has 64 valence electrons. The lowest BCUT2D eigenvalue weighted by Crippen LogP contribution is -2.32. The van der Waals surface area contributed by atoms with E-state index in [1.165, 1.54) is 0 Å². The summed E-state index contributed by atoms with van der Waals surface area (Å²) in [6.07, 6.45) is 3.17. The summed E-state index contributed by atoms with van der Waals surface area (Å²) in [6, 6.07) is 0.143. The van der Waals surface area contributed by atoms with Crippen LogP contribution in [0.3, 0.4) is 0 Å². The Morgan fingerprint density at radius 2 is 2.09 bits per heavy atom. The second-order valence-electron chi connectivity index (χ2n) is 3.76. The summed E-state index contributed by atoms with van der Waals surface area (Å²) in [7, 11) is 0. The van der Waals surface area contributed by atoms with E-state index in [1.807, 2.05) is 13.8 Å². The normalized spacial score (nSPS) is 31.3. The number of rotatable bonds is 2. The van der Waals surface area contributed by atoms with Crippen molar-refractivity contribution in [3.63, 3.8) is 0 Å². The molecule has 1 saturated carbocycles. The molecule has 0 saturated heterocycles. The molecule has 0 aromatic rings. The van der Waals surface area contributed by atoms with Gasteiger partial charge in [0.05, 0.1) is 0 Å². The van der Waals surface area contributed by atoms with E-state index in [-0.39, 0.29) is 17.9 Å². The fourth-order valence-corrected chi connectivity index (χ4v) is 1.77. The first-order valence-electron chi connectivity index (χ1n) is 4.42. The molecule has 1 aliphatic rings. The van der Waals surface area contributed by atoms with E-state index < -0.39 is 0 Å². The second kappa shape index (κ2) is 3.35. The molecule has 2 nitrogen and oxygen atoms in total. The first-order chi connectivity index (χ1) is 5.13. The molecule has 11 heavy (non-hydrogen) atoms. The summed E-state index contributed by atoms with van der Waals surface area (Å²) in [6.45, 7) is 3.90. The fourth-order valence-electron chi connectivity index (χ4n) is 1.77. The Morgan fingerprint density at radius 3 is 2.45 bits per heavy atom. The molecule has 2 unspecified atom stereocenters. The maximum atomic E-state index is 11.5. The van der Waals surface area contributed by atoms with Crippen molar-refractivity contribution in [3.05, 3.63) is 0 Å². The predicted octanol–water partition coefficient (Wildman–Crippen LogP) is 1.34. The Labute approximate surface area is 68.2 Å². The average molecular weight is 155 g/mol. The number of hydrogen-bond donors (Lipinski definition) is 1. The molecule has 0 aromatic carbocycles. The minimum absolute atomic E-state index is 0.143. The van der Waals surface area contributed by atoms with E-state index in [9.17, 15) is 4.79 Å². The molecule has 0 spiro atoms. The van der Waals surface area contributed by atoms with Crippen molar-refractivity contribution < 1.29 is 4.79 Å². The van der Waals surface area contributed by atoms with Gasteiger partial charge in [0.2, 0.25) is 0 Å². The van der Waals surface area contributed by atoms with E-state index in [0.717, 1.165) is 19.3 Å². The molecule has 2 N–H and O–H groups in total. The van der Waals surface area contributed by atoms with E-state index in [0.29, 0.717) is 5.78 Å². The van der Waals surface area contributed by atoms with Gasteiger partial charge in [0, 0.05) is 17.9 Å². The van der Waals surface area contributed by atoms with Crippen LogP contribution in [0.2, 0.25) is 0 Å². The molecule has 0 heterocycles. The van der Waals surface area contributed by atoms with Crippen LogP contribution in [-0.2, 0) is 4.79 Å². The van der Waals surface area contributed by atoms with E-state index in [1.54, 1.807) is 0 Å². The van der Waals surface area contributed by atoms with Crippen LogP contribution < -0.4 is 5.73 Å². The molecule has 2 atom stereocenters. The third kappa shape index (κ3) is 1.80.